The summed E-state index contributed by atoms with van der Waals surface area (Å²) in [6.07, 6.45) is 2.59. The van der Waals surface area contributed by atoms with E-state index in [9.17, 15) is 4.79 Å². The van der Waals surface area contributed by atoms with Crippen LogP contribution in [0.3, 0.4) is 0 Å². The van der Waals surface area contributed by atoms with E-state index < -0.39 is 0 Å². The molecular weight excluding hydrogens is 224 g/mol. The third-order valence-corrected chi connectivity index (χ3v) is 4.94. The first kappa shape index (κ1) is 12.4. The first-order valence-electron chi connectivity index (χ1n) is 5.95. The van der Waals surface area contributed by atoms with Crippen molar-refractivity contribution in [2.45, 2.75) is 37.9 Å². The lowest BCUT2D eigenvalue weighted by Crippen LogP contribution is -2.44. The van der Waals surface area contributed by atoms with Crippen LogP contribution < -0.4 is 0 Å². The molecule has 0 radical (unpaired) electrons. The molecule has 0 aromatic rings. The minimum absolute atomic E-state index is 0.00327. The van der Waals surface area contributed by atoms with E-state index in [-0.39, 0.29) is 23.4 Å². The standard InChI is InChI=1S/C12H20O3S/c1-9(14-2)11(13)10-3-5-15-12(7-10)4-6-16-8-12/h9-10H,3-8H2,1-2H3. The van der Waals surface area contributed by atoms with Crippen molar-refractivity contribution in [3.63, 3.8) is 0 Å². The molecule has 2 rings (SSSR count). The third-order valence-electron chi connectivity index (χ3n) is 3.72. The average Bonchev–Trinajstić information content (AvgIpc) is 2.75. The fraction of sp³-hybridized carbons (Fsp3) is 0.917. The summed E-state index contributed by atoms with van der Waals surface area (Å²) in [7, 11) is 1.60. The Bertz CT molecular complexity index is 261. The molecule has 0 amide bonds. The lowest BCUT2D eigenvalue weighted by atomic mass is 9.82. The molecule has 0 aliphatic carbocycles. The quantitative estimate of drug-likeness (QED) is 0.759. The number of rotatable bonds is 3. The highest BCUT2D eigenvalue weighted by atomic mass is 32.2. The number of carbonyl (C=O) groups excluding carboxylic acids is 1. The highest BCUT2D eigenvalue weighted by molar-refractivity contribution is 7.99. The van der Waals surface area contributed by atoms with Gasteiger partial charge in [-0.15, -0.1) is 0 Å². The van der Waals surface area contributed by atoms with E-state index in [1.165, 1.54) is 5.75 Å². The molecular formula is C12H20O3S. The van der Waals surface area contributed by atoms with E-state index in [2.05, 4.69) is 0 Å². The number of hydrogen-bond acceptors (Lipinski definition) is 4. The molecule has 3 nitrogen and oxygen atoms in total. The van der Waals surface area contributed by atoms with E-state index >= 15 is 0 Å². The second kappa shape index (κ2) is 5.07. The number of ketones is 1. The Morgan fingerprint density at radius 3 is 3.06 bits per heavy atom. The van der Waals surface area contributed by atoms with Gasteiger partial charge >= 0.3 is 0 Å². The molecule has 92 valence electrons. The van der Waals surface area contributed by atoms with Crippen LogP contribution in [0.5, 0.6) is 0 Å². The summed E-state index contributed by atoms with van der Waals surface area (Å²) in [4.78, 5) is 12.1. The van der Waals surface area contributed by atoms with E-state index in [0.29, 0.717) is 0 Å². The number of carbonyl (C=O) groups is 1. The van der Waals surface area contributed by atoms with Gasteiger partial charge in [-0.05, 0) is 31.9 Å². The zero-order chi connectivity index (χ0) is 11.6. The van der Waals surface area contributed by atoms with Crippen LogP contribution in [0.25, 0.3) is 0 Å². The maximum absolute atomic E-state index is 12.1. The van der Waals surface area contributed by atoms with Gasteiger partial charge in [-0.3, -0.25) is 4.79 Å². The van der Waals surface area contributed by atoms with Gasteiger partial charge in [0.25, 0.3) is 0 Å². The second-order valence-corrected chi connectivity index (χ2v) is 5.91. The van der Waals surface area contributed by atoms with Crippen molar-refractivity contribution in [2.24, 2.45) is 5.92 Å². The number of hydrogen-bond donors (Lipinski definition) is 0. The van der Waals surface area contributed by atoms with Crippen molar-refractivity contribution in [3.05, 3.63) is 0 Å². The summed E-state index contributed by atoms with van der Waals surface area (Å²) < 4.78 is 11.0. The fourth-order valence-electron chi connectivity index (χ4n) is 2.58. The van der Waals surface area contributed by atoms with Crippen LogP contribution in [-0.2, 0) is 14.3 Å². The van der Waals surface area contributed by atoms with Gasteiger partial charge in [0, 0.05) is 25.4 Å². The van der Waals surface area contributed by atoms with E-state index in [0.717, 1.165) is 31.6 Å². The second-order valence-electron chi connectivity index (χ2n) is 4.80. The number of thioether (sulfide) groups is 1. The molecule has 2 aliphatic rings. The Morgan fingerprint density at radius 1 is 1.62 bits per heavy atom. The van der Waals surface area contributed by atoms with E-state index in [1.54, 1.807) is 7.11 Å². The Balaban J connectivity index is 1.98. The lowest BCUT2D eigenvalue weighted by molar-refractivity contribution is -0.142. The molecule has 0 aromatic heterocycles. The molecule has 2 saturated heterocycles. The molecule has 0 bridgehead atoms. The molecule has 2 fully saturated rings. The van der Waals surface area contributed by atoms with Crippen molar-refractivity contribution < 1.29 is 14.3 Å². The molecule has 3 unspecified atom stereocenters. The summed E-state index contributed by atoms with van der Waals surface area (Å²) in [6, 6.07) is 0. The molecule has 0 saturated carbocycles. The van der Waals surface area contributed by atoms with Crippen molar-refractivity contribution in [1.82, 2.24) is 0 Å². The monoisotopic (exact) mass is 244 g/mol. The van der Waals surface area contributed by atoms with Crippen LogP contribution >= 0.6 is 11.8 Å². The van der Waals surface area contributed by atoms with Gasteiger partial charge in [0.15, 0.2) is 5.78 Å². The first-order chi connectivity index (χ1) is 7.67. The van der Waals surface area contributed by atoms with Gasteiger partial charge in [-0.25, -0.2) is 0 Å². The fourth-order valence-corrected chi connectivity index (χ4v) is 3.96. The van der Waals surface area contributed by atoms with Crippen molar-refractivity contribution >= 4 is 17.5 Å². The third kappa shape index (κ3) is 2.44. The molecule has 0 N–H and O–H groups in total. The molecule has 3 atom stereocenters. The summed E-state index contributed by atoms with van der Waals surface area (Å²) in [5.41, 5.74) is -0.00327. The Morgan fingerprint density at radius 2 is 2.44 bits per heavy atom. The van der Waals surface area contributed by atoms with Gasteiger partial charge in [0.1, 0.15) is 6.10 Å². The minimum atomic E-state index is -0.269. The summed E-state index contributed by atoms with van der Waals surface area (Å²) in [5.74, 6) is 2.61. The maximum atomic E-state index is 12.1. The van der Waals surface area contributed by atoms with E-state index in [1.807, 2.05) is 18.7 Å². The van der Waals surface area contributed by atoms with E-state index in [4.69, 9.17) is 9.47 Å². The molecule has 0 aromatic carbocycles. The number of ether oxygens (including phenoxy) is 2. The smallest absolute Gasteiger partial charge is 0.164 e. The van der Waals surface area contributed by atoms with Crippen LogP contribution in [0.4, 0.5) is 0 Å². The highest BCUT2D eigenvalue weighted by Gasteiger charge is 2.43. The summed E-state index contributed by atoms with van der Waals surface area (Å²) in [5, 5.41) is 0. The average molecular weight is 244 g/mol. The zero-order valence-electron chi connectivity index (χ0n) is 10.0. The minimum Gasteiger partial charge on any atom is -0.374 e. The van der Waals surface area contributed by atoms with Crippen LogP contribution in [-0.4, -0.2) is 42.7 Å². The number of Topliss-reactive ketones (excluding diaryl/α,β-unsaturated/α-hetero) is 1. The Kier molecular flexibility index (Phi) is 3.93. The van der Waals surface area contributed by atoms with Crippen molar-refractivity contribution in [1.29, 1.82) is 0 Å². The topological polar surface area (TPSA) is 35.5 Å². The predicted octanol–water partition coefficient (Wildman–Crippen LogP) is 1.89. The molecule has 2 aliphatic heterocycles. The van der Waals surface area contributed by atoms with Gasteiger partial charge in [-0.1, -0.05) is 0 Å². The molecule has 4 heteroatoms. The zero-order valence-corrected chi connectivity index (χ0v) is 10.8. The SMILES string of the molecule is COC(C)C(=O)C1CCOC2(CCSC2)C1. The molecule has 1 spiro atoms. The van der Waals surface area contributed by atoms with Crippen LogP contribution in [0.2, 0.25) is 0 Å². The van der Waals surface area contributed by atoms with Gasteiger partial charge in [-0.2, -0.15) is 11.8 Å². The first-order valence-corrected chi connectivity index (χ1v) is 7.10. The normalized spacial score (nSPS) is 36.5. The molecule has 16 heavy (non-hydrogen) atoms. The van der Waals surface area contributed by atoms with Gasteiger partial charge in [0.05, 0.1) is 5.60 Å². The largest absolute Gasteiger partial charge is 0.374 e. The summed E-state index contributed by atoms with van der Waals surface area (Å²) >= 11 is 1.94. The van der Waals surface area contributed by atoms with Crippen LogP contribution in [0.1, 0.15) is 26.2 Å². The van der Waals surface area contributed by atoms with Gasteiger partial charge < -0.3 is 9.47 Å². The lowest BCUT2D eigenvalue weighted by Gasteiger charge is -2.37. The number of methoxy groups -OCH3 is 1. The maximum Gasteiger partial charge on any atom is 0.164 e. The van der Waals surface area contributed by atoms with Crippen LogP contribution in [0, 0.1) is 5.92 Å². The predicted molar refractivity (Wildman–Crippen MR) is 64.8 cm³/mol. The highest BCUT2D eigenvalue weighted by Crippen LogP contribution is 2.40. The Labute approximate surface area is 101 Å². The van der Waals surface area contributed by atoms with Crippen LogP contribution in [0.15, 0.2) is 0 Å². The molecule has 2 heterocycles. The van der Waals surface area contributed by atoms with Crippen molar-refractivity contribution in [2.75, 3.05) is 25.2 Å². The summed E-state index contributed by atoms with van der Waals surface area (Å²) in [6.45, 7) is 2.57. The van der Waals surface area contributed by atoms with Crippen molar-refractivity contribution in [3.8, 4) is 0 Å². The Hall–Kier alpha value is -0.0600. The van der Waals surface area contributed by atoms with Gasteiger partial charge in [0.2, 0.25) is 0 Å².